The van der Waals surface area contributed by atoms with Gasteiger partial charge in [0.05, 0.1) is 39.2 Å². The molecule has 0 saturated carbocycles. The van der Waals surface area contributed by atoms with Crippen molar-refractivity contribution in [2.75, 3.05) is 6.61 Å². The zero-order chi connectivity index (χ0) is 24.7. The SMILES string of the molecule is Cc1ncsc1CCOC(=O)NC(CC(=O)O)C(=O)Cn1nnnc1Sc1c(Cl)cccc1Cl. The van der Waals surface area contributed by atoms with Crippen molar-refractivity contribution < 1.29 is 24.2 Å². The van der Waals surface area contributed by atoms with Gasteiger partial charge in [0.25, 0.3) is 0 Å². The maximum atomic E-state index is 12.8. The Morgan fingerprint density at radius 1 is 1.29 bits per heavy atom. The van der Waals surface area contributed by atoms with Crippen LogP contribution in [0.25, 0.3) is 0 Å². The smallest absolute Gasteiger partial charge is 0.407 e. The van der Waals surface area contributed by atoms with E-state index in [2.05, 4.69) is 25.8 Å². The maximum absolute atomic E-state index is 12.8. The van der Waals surface area contributed by atoms with Crippen molar-refractivity contribution in [3.8, 4) is 0 Å². The summed E-state index contributed by atoms with van der Waals surface area (Å²) in [7, 11) is 0. The van der Waals surface area contributed by atoms with Crippen molar-refractivity contribution in [3.05, 3.63) is 44.3 Å². The van der Waals surface area contributed by atoms with E-state index < -0.39 is 36.9 Å². The van der Waals surface area contributed by atoms with Crippen LogP contribution >= 0.6 is 46.3 Å². The summed E-state index contributed by atoms with van der Waals surface area (Å²) in [6.45, 7) is 1.50. The molecular weight excluding hydrogens is 527 g/mol. The minimum absolute atomic E-state index is 0.0508. The molecular formula is C19H18Cl2N6O5S2. The van der Waals surface area contributed by atoms with E-state index in [0.717, 1.165) is 22.3 Å². The fourth-order valence-corrected chi connectivity index (χ4v) is 4.89. The number of ketones is 1. The molecule has 1 amide bonds. The van der Waals surface area contributed by atoms with Crippen LogP contribution in [0.1, 0.15) is 17.0 Å². The number of aryl methyl sites for hydroxylation is 1. The van der Waals surface area contributed by atoms with Gasteiger partial charge < -0.3 is 15.2 Å². The van der Waals surface area contributed by atoms with Crippen LogP contribution in [0.4, 0.5) is 4.79 Å². The van der Waals surface area contributed by atoms with Crippen molar-refractivity contribution in [2.24, 2.45) is 0 Å². The summed E-state index contributed by atoms with van der Waals surface area (Å²) < 4.78 is 6.27. The third-order valence-electron chi connectivity index (χ3n) is 4.38. The number of hydrogen-bond donors (Lipinski definition) is 2. The second kappa shape index (κ2) is 12.1. The second-order valence-electron chi connectivity index (χ2n) is 6.78. The topological polar surface area (TPSA) is 149 Å². The summed E-state index contributed by atoms with van der Waals surface area (Å²) in [6.07, 6.45) is -1.09. The molecule has 0 aliphatic carbocycles. The van der Waals surface area contributed by atoms with Crippen molar-refractivity contribution in [3.63, 3.8) is 0 Å². The fraction of sp³-hybridized carbons (Fsp3) is 0.316. The lowest BCUT2D eigenvalue weighted by Gasteiger charge is -2.16. The molecule has 0 fully saturated rings. The third kappa shape index (κ3) is 7.13. The van der Waals surface area contributed by atoms with Crippen LogP contribution in [0.3, 0.4) is 0 Å². The van der Waals surface area contributed by atoms with E-state index in [9.17, 15) is 19.5 Å². The highest BCUT2D eigenvalue weighted by molar-refractivity contribution is 7.99. The Labute approximate surface area is 211 Å². The lowest BCUT2D eigenvalue weighted by Crippen LogP contribution is -2.44. The van der Waals surface area contributed by atoms with Crippen LogP contribution in [0.2, 0.25) is 10.0 Å². The number of carboxylic acid groups (broad SMARTS) is 1. The molecule has 0 aliphatic rings. The van der Waals surface area contributed by atoms with Gasteiger partial charge in [-0.1, -0.05) is 29.3 Å². The van der Waals surface area contributed by atoms with Gasteiger partial charge in [0, 0.05) is 11.3 Å². The van der Waals surface area contributed by atoms with Crippen molar-refractivity contribution in [2.45, 2.75) is 42.4 Å². The largest absolute Gasteiger partial charge is 0.481 e. The summed E-state index contributed by atoms with van der Waals surface area (Å²) >= 11 is 14.8. The van der Waals surface area contributed by atoms with Gasteiger partial charge in [-0.2, -0.15) is 0 Å². The molecule has 0 aliphatic heterocycles. The van der Waals surface area contributed by atoms with Crippen LogP contribution in [0, 0.1) is 6.92 Å². The molecule has 2 N–H and O–H groups in total. The van der Waals surface area contributed by atoms with E-state index in [-0.39, 0.29) is 11.8 Å². The number of halogens is 2. The number of carboxylic acids is 1. The van der Waals surface area contributed by atoms with Crippen molar-refractivity contribution >= 4 is 64.1 Å². The van der Waals surface area contributed by atoms with Crippen LogP contribution in [-0.4, -0.2) is 60.8 Å². The number of tetrazole rings is 1. The number of amides is 1. The molecule has 11 nitrogen and oxygen atoms in total. The number of benzene rings is 1. The number of carbonyl (C=O) groups excluding carboxylic acids is 2. The first-order valence-corrected chi connectivity index (χ1v) is 12.1. The number of thiazole rings is 1. The number of nitrogens with zero attached hydrogens (tertiary/aromatic N) is 5. The van der Waals surface area contributed by atoms with Crippen LogP contribution in [0.15, 0.2) is 33.8 Å². The van der Waals surface area contributed by atoms with E-state index in [1.54, 1.807) is 23.7 Å². The zero-order valence-electron chi connectivity index (χ0n) is 17.6. The first-order chi connectivity index (χ1) is 16.2. The van der Waals surface area contributed by atoms with Gasteiger partial charge in [0.2, 0.25) is 5.16 Å². The lowest BCUT2D eigenvalue weighted by atomic mass is 10.1. The molecule has 1 unspecified atom stereocenters. The monoisotopic (exact) mass is 544 g/mol. The average Bonchev–Trinajstić information content (AvgIpc) is 3.38. The number of Topliss-reactive ketones (excluding diaryl/α,β-unsaturated/α-hetero) is 1. The molecule has 1 atom stereocenters. The number of aliphatic carboxylic acids is 1. The molecule has 2 aromatic heterocycles. The van der Waals surface area contributed by atoms with Crippen molar-refractivity contribution in [1.82, 2.24) is 30.5 Å². The number of aromatic nitrogens is 5. The molecule has 180 valence electrons. The van der Waals surface area contributed by atoms with Gasteiger partial charge in [-0.3, -0.25) is 9.59 Å². The zero-order valence-corrected chi connectivity index (χ0v) is 20.7. The van der Waals surface area contributed by atoms with Gasteiger partial charge in [-0.05, 0) is 41.2 Å². The lowest BCUT2D eigenvalue weighted by molar-refractivity contribution is -0.139. The number of ether oxygens (including phenoxy) is 1. The Kier molecular flexibility index (Phi) is 9.21. The molecule has 15 heteroatoms. The first-order valence-electron chi connectivity index (χ1n) is 9.69. The third-order valence-corrected chi connectivity index (χ3v) is 7.35. The number of carbonyl (C=O) groups is 3. The maximum Gasteiger partial charge on any atom is 0.407 e. The Balaban J connectivity index is 1.62. The quantitative estimate of drug-likeness (QED) is 0.368. The predicted octanol–water partition coefficient (Wildman–Crippen LogP) is 3.28. The van der Waals surface area contributed by atoms with Gasteiger partial charge >= 0.3 is 12.1 Å². The summed E-state index contributed by atoms with van der Waals surface area (Å²) in [4.78, 5) is 41.8. The minimum atomic E-state index is -1.35. The normalized spacial score (nSPS) is 11.7. The Morgan fingerprint density at radius 2 is 2.03 bits per heavy atom. The van der Waals surface area contributed by atoms with E-state index in [4.69, 9.17) is 27.9 Å². The molecule has 1 aromatic carbocycles. The van der Waals surface area contributed by atoms with E-state index in [0.29, 0.717) is 21.4 Å². The first kappa shape index (κ1) is 25.9. The molecule has 0 saturated heterocycles. The predicted molar refractivity (Wildman–Crippen MR) is 124 cm³/mol. The summed E-state index contributed by atoms with van der Waals surface area (Å²) in [5.74, 6) is -1.90. The number of rotatable bonds is 11. The Hall–Kier alpha value is -2.74. The highest BCUT2D eigenvalue weighted by Gasteiger charge is 2.26. The number of hydrogen-bond acceptors (Lipinski definition) is 10. The van der Waals surface area contributed by atoms with E-state index >= 15 is 0 Å². The highest BCUT2D eigenvalue weighted by Crippen LogP contribution is 2.37. The Morgan fingerprint density at radius 3 is 2.68 bits per heavy atom. The van der Waals surface area contributed by atoms with Gasteiger partial charge in [-0.25, -0.2) is 14.5 Å². The second-order valence-corrected chi connectivity index (χ2v) is 9.51. The summed E-state index contributed by atoms with van der Waals surface area (Å²) in [5.41, 5.74) is 2.54. The standard InChI is InChI=1S/C19H18Cl2N6O5S2/c1-10-15(33-9-22-10)5-6-32-19(31)23-13(7-16(29)30)14(28)8-27-18(24-25-26-27)34-17-11(20)3-2-4-12(17)21/h2-4,9,13H,5-8H2,1H3,(H,23,31)(H,29,30). The van der Waals surface area contributed by atoms with Crippen LogP contribution < -0.4 is 5.32 Å². The number of alkyl carbamates (subject to hydrolysis) is 1. The van der Waals surface area contributed by atoms with Crippen LogP contribution in [0.5, 0.6) is 0 Å². The number of nitrogens with one attached hydrogen (secondary N) is 1. The molecule has 0 bridgehead atoms. The summed E-state index contributed by atoms with van der Waals surface area (Å²) in [6, 6.07) is 3.62. The molecule has 2 heterocycles. The van der Waals surface area contributed by atoms with Gasteiger partial charge in [0.15, 0.2) is 5.78 Å². The molecule has 0 radical (unpaired) electrons. The Bertz CT molecular complexity index is 1170. The summed E-state index contributed by atoms with van der Waals surface area (Å²) in [5, 5.41) is 23.6. The molecule has 3 aromatic rings. The van der Waals surface area contributed by atoms with Crippen LogP contribution in [-0.2, 0) is 27.3 Å². The average molecular weight is 545 g/mol. The van der Waals surface area contributed by atoms with Crippen molar-refractivity contribution in [1.29, 1.82) is 0 Å². The minimum Gasteiger partial charge on any atom is -0.481 e. The molecule has 34 heavy (non-hydrogen) atoms. The van der Waals surface area contributed by atoms with E-state index in [1.807, 2.05) is 6.92 Å². The molecule has 0 spiro atoms. The van der Waals surface area contributed by atoms with E-state index in [1.165, 1.54) is 16.0 Å². The van der Waals surface area contributed by atoms with Gasteiger partial charge in [-0.15, -0.1) is 16.4 Å². The molecule has 3 rings (SSSR count). The fourth-order valence-electron chi connectivity index (χ4n) is 2.70. The highest BCUT2D eigenvalue weighted by atomic mass is 35.5. The van der Waals surface area contributed by atoms with Gasteiger partial charge in [0.1, 0.15) is 12.6 Å².